The van der Waals surface area contributed by atoms with Gasteiger partial charge in [0.15, 0.2) is 0 Å². The number of morpholine rings is 1. The predicted octanol–water partition coefficient (Wildman–Crippen LogP) is 7.05. The number of methoxy groups -OCH3 is 1. The van der Waals surface area contributed by atoms with Crippen molar-refractivity contribution in [2.45, 2.75) is 89.3 Å². The fourth-order valence-corrected chi connectivity index (χ4v) is 7.37. The van der Waals surface area contributed by atoms with Crippen molar-refractivity contribution in [3.05, 3.63) is 64.2 Å². The lowest BCUT2D eigenvalue weighted by Gasteiger charge is -2.43. The van der Waals surface area contributed by atoms with Crippen molar-refractivity contribution >= 4 is 14.2 Å². The zero-order chi connectivity index (χ0) is 38.9. The van der Waals surface area contributed by atoms with Crippen LogP contribution in [0.1, 0.15) is 67.2 Å². The molecule has 8 nitrogen and oxygen atoms in total. The van der Waals surface area contributed by atoms with E-state index in [2.05, 4.69) is 43.7 Å². The van der Waals surface area contributed by atoms with Crippen molar-refractivity contribution in [2.24, 2.45) is 0 Å². The Labute approximate surface area is 304 Å². The van der Waals surface area contributed by atoms with E-state index in [0.717, 1.165) is 12.1 Å². The van der Waals surface area contributed by atoms with E-state index in [0.29, 0.717) is 69.4 Å². The number of nitrogens with zero attached hydrogens (tertiary/aromatic N) is 3. The molecule has 52 heavy (non-hydrogen) atoms. The second-order valence-corrected chi connectivity index (χ2v) is 20.7. The van der Waals surface area contributed by atoms with Gasteiger partial charge < -0.3 is 23.9 Å². The first-order valence-electron chi connectivity index (χ1n) is 17.6. The third kappa shape index (κ3) is 10.7. The summed E-state index contributed by atoms with van der Waals surface area (Å²) in [5.41, 5.74) is -3.64. The number of ether oxygens (including phenoxy) is 2. The quantitative estimate of drug-likeness (QED) is 0.195. The van der Waals surface area contributed by atoms with Crippen LogP contribution in [-0.2, 0) is 33.8 Å². The molecule has 0 spiro atoms. The van der Waals surface area contributed by atoms with Gasteiger partial charge in [0.25, 0.3) is 5.91 Å². The molecule has 2 aliphatic heterocycles. The maximum Gasteiger partial charge on any atom is 0.416 e. The molecule has 0 saturated carbocycles. The molecule has 1 N–H and O–H groups in total. The highest BCUT2D eigenvalue weighted by Gasteiger charge is 2.41. The summed E-state index contributed by atoms with van der Waals surface area (Å²) in [5.74, 6) is -0.393. The van der Waals surface area contributed by atoms with E-state index in [-0.39, 0.29) is 30.2 Å². The number of rotatable bonds is 11. The van der Waals surface area contributed by atoms with Gasteiger partial charge in [-0.15, -0.1) is 0 Å². The van der Waals surface area contributed by atoms with Crippen LogP contribution in [-0.4, -0.2) is 112 Å². The standard InChI is InChI=1S/C37H53F6N3O5Si/c1-34(2,3)52(7,8)51-32-18-25(9-10-31(32)35(4,5)48)17-29-22-44(11-12-45-15-16-50-30(23-45)24-49-6)13-14-46(29)33(47)26-19-27(36(38,39)40)21-28(20-26)37(41,42)43/h9-10,18-21,29-30,48H,11-17,22-24H2,1-8H3/t29-,30+/m1/s1. The SMILES string of the molecule is COC[C@@H]1CN(CCN2CCN(C(=O)c3cc(C(F)(F)F)cc(C(F)(F)F)c3)[C@H](Cc3ccc(C(C)(C)O)c(O[Si](C)(C)C(C)(C)C)c3)C2)CCO1. The number of halogens is 6. The van der Waals surface area contributed by atoms with Crippen LogP contribution in [0.25, 0.3) is 0 Å². The number of aliphatic hydroxyl groups is 1. The lowest BCUT2D eigenvalue weighted by Crippen LogP contribution is -2.57. The smallest absolute Gasteiger partial charge is 0.416 e. The Morgan fingerprint density at radius 3 is 2.02 bits per heavy atom. The van der Waals surface area contributed by atoms with Crippen molar-refractivity contribution in [3.63, 3.8) is 0 Å². The van der Waals surface area contributed by atoms with Crippen LogP contribution in [0.3, 0.4) is 0 Å². The molecule has 0 aromatic heterocycles. The molecule has 2 aromatic rings. The highest BCUT2D eigenvalue weighted by atomic mass is 28.4. The summed E-state index contributed by atoms with van der Waals surface area (Å²) in [6.07, 6.45) is -9.97. The van der Waals surface area contributed by atoms with Gasteiger partial charge in [0.2, 0.25) is 8.32 Å². The molecule has 2 aromatic carbocycles. The molecule has 15 heteroatoms. The van der Waals surface area contributed by atoms with Gasteiger partial charge in [-0.25, -0.2) is 0 Å². The fourth-order valence-electron chi connectivity index (χ4n) is 6.35. The van der Waals surface area contributed by atoms with Crippen LogP contribution in [0.4, 0.5) is 26.3 Å². The first-order chi connectivity index (χ1) is 23.9. The number of alkyl halides is 6. The summed E-state index contributed by atoms with van der Waals surface area (Å²) in [7, 11) is -0.768. The van der Waals surface area contributed by atoms with Crippen LogP contribution < -0.4 is 4.43 Å². The third-order valence-corrected chi connectivity index (χ3v) is 14.7. The number of benzene rings is 2. The van der Waals surface area contributed by atoms with E-state index in [9.17, 15) is 36.2 Å². The van der Waals surface area contributed by atoms with Crippen molar-refractivity contribution in [1.29, 1.82) is 0 Å². The molecular formula is C37H53F6N3O5Si. The molecule has 0 bridgehead atoms. The molecule has 2 aliphatic rings. The number of hydrogen-bond donors (Lipinski definition) is 1. The van der Waals surface area contributed by atoms with Crippen LogP contribution in [0.15, 0.2) is 36.4 Å². The van der Waals surface area contributed by atoms with Crippen LogP contribution >= 0.6 is 0 Å². The van der Waals surface area contributed by atoms with E-state index in [1.807, 2.05) is 12.1 Å². The minimum atomic E-state index is -5.08. The fraction of sp³-hybridized carbons (Fsp3) is 0.649. The molecule has 0 unspecified atom stereocenters. The largest absolute Gasteiger partial charge is 0.543 e. The number of carbonyl (C=O) groups is 1. The Morgan fingerprint density at radius 2 is 1.48 bits per heavy atom. The average molecular weight is 762 g/mol. The van der Waals surface area contributed by atoms with E-state index in [4.69, 9.17) is 13.9 Å². The molecule has 2 fully saturated rings. The van der Waals surface area contributed by atoms with Crippen molar-refractivity contribution in [2.75, 3.05) is 66.1 Å². The number of piperazine rings is 1. The van der Waals surface area contributed by atoms with E-state index >= 15 is 0 Å². The monoisotopic (exact) mass is 761 g/mol. The highest BCUT2D eigenvalue weighted by molar-refractivity contribution is 6.74. The third-order valence-electron chi connectivity index (χ3n) is 10.3. The van der Waals surface area contributed by atoms with Gasteiger partial charge >= 0.3 is 12.4 Å². The second kappa shape index (κ2) is 16.0. The molecule has 4 rings (SSSR count). The van der Waals surface area contributed by atoms with Crippen LogP contribution in [0.2, 0.25) is 18.1 Å². The molecule has 292 valence electrons. The van der Waals surface area contributed by atoms with Crippen LogP contribution in [0.5, 0.6) is 5.75 Å². The van der Waals surface area contributed by atoms with Gasteiger partial charge in [-0.1, -0.05) is 32.9 Å². The number of carbonyl (C=O) groups excluding carboxylic acids is 1. The topological polar surface area (TPSA) is 74.7 Å². The second-order valence-electron chi connectivity index (χ2n) is 16.0. The molecule has 0 radical (unpaired) electrons. The highest BCUT2D eigenvalue weighted by Crippen LogP contribution is 2.41. The van der Waals surface area contributed by atoms with E-state index in [1.54, 1.807) is 27.0 Å². The first-order valence-corrected chi connectivity index (χ1v) is 20.5. The zero-order valence-corrected chi connectivity index (χ0v) is 32.4. The lowest BCUT2D eigenvalue weighted by molar-refractivity contribution is -0.143. The molecule has 0 aliphatic carbocycles. The minimum absolute atomic E-state index is 0.0309. The van der Waals surface area contributed by atoms with E-state index in [1.165, 1.54) is 4.90 Å². The Hall–Kier alpha value is -2.69. The van der Waals surface area contributed by atoms with Gasteiger partial charge in [-0.2, -0.15) is 26.3 Å². The normalized spacial score (nSPS) is 20.3. The van der Waals surface area contributed by atoms with Gasteiger partial charge in [0, 0.05) is 70.1 Å². The van der Waals surface area contributed by atoms with Crippen molar-refractivity contribution in [1.82, 2.24) is 14.7 Å². The minimum Gasteiger partial charge on any atom is -0.543 e. The Bertz CT molecular complexity index is 1510. The van der Waals surface area contributed by atoms with Crippen molar-refractivity contribution < 1.29 is 50.1 Å². The molecule has 2 saturated heterocycles. The van der Waals surface area contributed by atoms with Crippen LogP contribution in [0, 0.1) is 0 Å². The van der Waals surface area contributed by atoms with Gasteiger partial charge in [0.1, 0.15) is 5.75 Å². The van der Waals surface area contributed by atoms with Crippen molar-refractivity contribution in [3.8, 4) is 5.75 Å². The predicted molar refractivity (Wildman–Crippen MR) is 189 cm³/mol. The molecule has 2 atom stereocenters. The zero-order valence-electron chi connectivity index (χ0n) is 31.4. The molecular weight excluding hydrogens is 708 g/mol. The van der Waals surface area contributed by atoms with Gasteiger partial charge in [-0.3, -0.25) is 14.6 Å². The summed E-state index contributed by atoms with van der Waals surface area (Å²) < 4.78 is 100. The summed E-state index contributed by atoms with van der Waals surface area (Å²) >= 11 is 0. The average Bonchev–Trinajstić information content (AvgIpc) is 3.02. The summed E-state index contributed by atoms with van der Waals surface area (Å²) in [6, 6.07) is 5.88. The number of amides is 1. The Morgan fingerprint density at radius 1 is 0.885 bits per heavy atom. The summed E-state index contributed by atoms with van der Waals surface area (Å²) in [4.78, 5) is 19.8. The maximum absolute atomic E-state index is 14.0. The molecule has 1 amide bonds. The Kier molecular flexibility index (Phi) is 12.9. The van der Waals surface area contributed by atoms with E-state index < -0.39 is 54.9 Å². The van der Waals surface area contributed by atoms with Gasteiger partial charge in [-0.05, 0) is 68.2 Å². The number of hydrogen-bond acceptors (Lipinski definition) is 7. The summed E-state index contributed by atoms with van der Waals surface area (Å²) in [6.45, 7) is 18.4. The van der Waals surface area contributed by atoms with Gasteiger partial charge in [0.05, 0.1) is 36.0 Å². The Balaban J connectivity index is 1.68. The summed E-state index contributed by atoms with van der Waals surface area (Å²) in [5, 5.41) is 10.9. The molecule has 2 heterocycles. The maximum atomic E-state index is 14.0. The first kappa shape index (κ1) is 42.1. The lowest BCUT2D eigenvalue weighted by atomic mass is 9.93.